The Morgan fingerprint density at radius 3 is 2.57 bits per heavy atom. The molecule has 0 aromatic heterocycles. The topological polar surface area (TPSA) is 58.6 Å². The number of halogens is 1. The van der Waals surface area contributed by atoms with Gasteiger partial charge in [-0.15, -0.1) is 0 Å². The molecule has 2 aliphatic heterocycles. The van der Waals surface area contributed by atoms with Crippen LogP contribution < -0.4 is 10.1 Å². The van der Waals surface area contributed by atoms with E-state index in [-0.39, 0.29) is 18.4 Å². The Kier molecular flexibility index (Phi) is 4.98. The summed E-state index contributed by atoms with van der Waals surface area (Å²) in [6, 6.07) is 9.98. The van der Waals surface area contributed by atoms with Crippen molar-refractivity contribution in [3.05, 3.63) is 63.1 Å². The van der Waals surface area contributed by atoms with Crippen molar-refractivity contribution in [1.29, 1.82) is 0 Å². The quantitative estimate of drug-likeness (QED) is 0.755. The van der Waals surface area contributed by atoms with Gasteiger partial charge in [0.15, 0.2) is 6.61 Å². The van der Waals surface area contributed by atoms with Gasteiger partial charge in [0.05, 0.1) is 11.3 Å². The van der Waals surface area contributed by atoms with E-state index >= 15 is 0 Å². The second kappa shape index (κ2) is 7.43. The van der Waals surface area contributed by atoms with Gasteiger partial charge in [-0.05, 0) is 59.5 Å². The number of anilines is 1. The fourth-order valence-corrected chi connectivity index (χ4v) is 4.22. The third-order valence-electron chi connectivity index (χ3n) is 5.02. The van der Waals surface area contributed by atoms with Gasteiger partial charge in [-0.1, -0.05) is 35.4 Å². The number of rotatable bonds is 2. The molecule has 0 atom stereocenters. The summed E-state index contributed by atoms with van der Waals surface area (Å²) in [5.41, 5.74) is 6.14. The molecule has 5 nitrogen and oxygen atoms in total. The van der Waals surface area contributed by atoms with Crippen LogP contribution in [0.4, 0.5) is 5.69 Å². The largest absolute Gasteiger partial charge is 0.482 e. The third-order valence-corrected chi connectivity index (χ3v) is 5.68. The van der Waals surface area contributed by atoms with Gasteiger partial charge < -0.3 is 15.0 Å². The first-order valence-electron chi connectivity index (χ1n) is 9.24. The predicted octanol–water partition coefficient (Wildman–Crippen LogP) is 4.33. The number of amides is 2. The summed E-state index contributed by atoms with van der Waals surface area (Å²) in [5, 5.41) is 2.75. The van der Waals surface area contributed by atoms with Crippen molar-refractivity contribution < 1.29 is 14.3 Å². The average Bonchev–Trinajstić information content (AvgIpc) is 2.66. The summed E-state index contributed by atoms with van der Waals surface area (Å²) >= 11 is 3.46. The maximum atomic E-state index is 13.0. The molecule has 4 rings (SSSR count). The molecule has 2 amide bonds. The Morgan fingerprint density at radius 1 is 1.14 bits per heavy atom. The molecule has 144 valence electrons. The number of aryl methyl sites for hydroxylation is 2. The highest BCUT2D eigenvalue weighted by Crippen LogP contribution is 2.35. The zero-order valence-corrected chi connectivity index (χ0v) is 17.4. The second-order valence-electron chi connectivity index (χ2n) is 7.27. The van der Waals surface area contributed by atoms with Crippen LogP contribution in [0.25, 0.3) is 5.57 Å². The minimum Gasteiger partial charge on any atom is -0.482 e. The summed E-state index contributed by atoms with van der Waals surface area (Å²) in [7, 11) is 0. The lowest BCUT2D eigenvalue weighted by atomic mass is 9.96. The molecule has 0 saturated carbocycles. The van der Waals surface area contributed by atoms with Gasteiger partial charge in [0.25, 0.3) is 11.8 Å². The van der Waals surface area contributed by atoms with Gasteiger partial charge in [-0.2, -0.15) is 0 Å². The van der Waals surface area contributed by atoms with E-state index in [1.165, 1.54) is 22.3 Å². The van der Waals surface area contributed by atoms with Crippen molar-refractivity contribution in [2.45, 2.75) is 20.3 Å². The molecule has 0 fully saturated rings. The predicted molar refractivity (Wildman–Crippen MR) is 113 cm³/mol. The van der Waals surface area contributed by atoms with Crippen LogP contribution in [-0.4, -0.2) is 36.4 Å². The first-order chi connectivity index (χ1) is 13.4. The van der Waals surface area contributed by atoms with Crippen LogP contribution in [0.5, 0.6) is 5.75 Å². The molecule has 28 heavy (non-hydrogen) atoms. The van der Waals surface area contributed by atoms with Crippen molar-refractivity contribution in [2.75, 3.05) is 25.0 Å². The van der Waals surface area contributed by atoms with Gasteiger partial charge in [-0.3, -0.25) is 9.59 Å². The standard InChI is InChI=1S/C22H21BrN2O3/c1-13-7-14(2)9-16(8-13)15-3-5-25(6-4-15)22(27)17-10-20-19(11-18(17)23)24-21(26)12-28-20/h3,7-11H,4-6,12H2,1-2H3,(H,24,26). The molecule has 0 aliphatic carbocycles. The van der Waals surface area contributed by atoms with E-state index in [0.29, 0.717) is 34.6 Å². The number of benzene rings is 2. The fraction of sp³-hybridized carbons (Fsp3) is 0.273. The van der Waals surface area contributed by atoms with Crippen molar-refractivity contribution in [1.82, 2.24) is 4.90 Å². The van der Waals surface area contributed by atoms with E-state index < -0.39 is 0 Å². The lowest BCUT2D eigenvalue weighted by Crippen LogP contribution is -2.35. The van der Waals surface area contributed by atoms with Crippen molar-refractivity contribution >= 4 is 39.0 Å². The van der Waals surface area contributed by atoms with Crippen LogP contribution in [0, 0.1) is 13.8 Å². The van der Waals surface area contributed by atoms with E-state index in [1.54, 1.807) is 12.1 Å². The zero-order valence-electron chi connectivity index (χ0n) is 15.8. The van der Waals surface area contributed by atoms with E-state index in [9.17, 15) is 9.59 Å². The zero-order chi connectivity index (χ0) is 19.8. The summed E-state index contributed by atoms with van der Waals surface area (Å²) in [4.78, 5) is 26.3. The van der Waals surface area contributed by atoms with Crippen molar-refractivity contribution in [3.63, 3.8) is 0 Å². The van der Waals surface area contributed by atoms with E-state index in [4.69, 9.17) is 4.74 Å². The van der Waals surface area contributed by atoms with Crippen LogP contribution >= 0.6 is 15.9 Å². The molecule has 1 N–H and O–H groups in total. The van der Waals surface area contributed by atoms with Crippen LogP contribution in [0.3, 0.4) is 0 Å². The van der Waals surface area contributed by atoms with Gasteiger partial charge in [0.2, 0.25) is 0 Å². The summed E-state index contributed by atoms with van der Waals surface area (Å²) in [6.45, 7) is 5.41. The first-order valence-corrected chi connectivity index (χ1v) is 10.0. The highest BCUT2D eigenvalue weighted by molar-refractivity contribution is 9.10. The molecule has 0 radical (unpaired) electrons. The average molecular weight is 441 g/mol. The second-order valence-corrected chi connectivity index (χ2v) is 8.13. The van der Waals surface area contributed by atoms with E-state index in [2.05, 4.69) is 59.4 Å². The number of carbonyl (C=O) groups excluding carboxylic acids is 2. The normalized spacial score (nSPS) is 16.0. The summed E-state index contributed by atoms with van der Waals surface area (Å²) in [5.74, 6) is 0.277. The number of ether oxygens (including phenoxy) is 1. The van der Waals surface area contributed by atoms with E-state index in [0.717, 1.165) is 6.42 Å². The molecule has 0 spiro atoms. The summed E-state index contributed by atoms with van der Waals surface area (Å²) in [6.07, 6.45) is 2.96. The molecule has 0 saturated heterocycles. The minimum atomic E-state index is -0.196. The highest BCUT2D eigenvalue weighted by Gasteiger charge is 2.25. The monoisotopic (exact) mass is 440 g/mol. The Morgan fingerprint density at radius 2 is 1.89 bits per heavy atom. The van der Waals surface area contributed by atoms with Gasteiger partial charge >= 0.3 is 0 Å². The van der Waals surface area contributed by atoms with Gasteiger partial charge in [0, 0.05) is 17.6 Å². The summed E-state index contributed by atoms with van der Waals surface area (Å²) < 4.78 is 6.10. The Labute approximate surface area is 172 Å². The van der Waals surface area contributed by atoms with Gasteiger partial charge in [0.1, 0.15) is 5.75 Å². The molecule has 0 unspecified atom stereocenters. The number of carbonyl (C=O) groups is 2. The molecule has 2 heterocycles. The SMILES string of the molecule is Cc1cc(C)cc(C2=CCN(C(=O)c3cc4c(cc3Br)NC(=O)CO4)CC2)c1. The lowest BCUT2D eigenvalue weighted by molar-refractivity contribution is -0.118. The van der Waals surface area contributed by atoms with Crippen molar-refractivity contribution in [3.8, 4) is 5.75 Å². The smallest absolute Gasteiger partial charge is 0.262 e. The van der Waals surface area contributed by atoms with Crippen LogP contribution in [0.15, 0.2) is 40.9 Å². The highest BCUT2D eigenvalue weighted by atomic mass is 79.9. The molecular formula is C22H21BrN2O3. The number of fused-ring (bicyclic) bond motifs is 1. The molecule has 2 aromatic carbocycles. The number of hydrogen-bond acceptors (Lipinski definition) is 3. The Hall–Kier alpha value is -2.60. The first kappa shape index (κ1) is 18.7. The lowest BCUT2D eigenvalue weighted by Gasteiger charge is -2.28. The molecule has 2 aliphatic rings. The minimum absolute atomic E-state index is 0.0337. The fourth-order valence-electron chi connectivity index (χ4n) is 3.71. The van der Waals surface area contributed by atoms with Crippen LogP contribution in [-0.2, 0) is 4.79 Å². The van der Waals surface area contributed by atoms with Crippen LogP contribution in [0.2, 0.25) is 0 Å². The van der Waals surface area contributed by atoms with E-state index in [1.807, 2.05) is 4.90 Å². The number of hydrogen-bond donors (Lipinski definition) is 1. The Bertz CT molecular complexity index is 993. The van der Waals surface area contributed by atoms with Gasteiger partial charge in [-0.25, -0.2) is 0 Å². The van der Waals surface area contributed by atoms with Crippen LogP contribution in [0.1, 0.15) is 33.5 Å². The molecular weight excluding hydrogens is 420 g/mol. The Balaban J connectivity index is 1.54. The molecule has 0 bridgehead atoms. The maximum absolute atomic E-state index is 13.0. The van der Waals surface area contributed by atoms with Crippen molar-refractivity contribution in [2.24, 2.45) is 0 Å². The maximum Gasteiger partial charge on any atom is 0.262 e. The number of nitrogens with zero attached hydrogens (tertiary/aromatic N) is 1. The molecule has 6 heteroatoms. The number of nitrogens with one attached hydrogen (secondary N) is 1. The molecule has 2 aromatic rings. The third kappa shape index (κ3) is 3.69.